The zero-order valence-electron chi connectivity index (χ0n) is 27.4. The molecule has 0 saturated carbocycles. The molecule has 2 amide bonds. The number of nitrogens with one attached hydrogen (secondary N) is 3. The molecule has 0 aliphatic carbocycles. The molecular formula is C33H34F5N7O4S. The molecule has 0 bridgehead atoms. The third-order valence-electron chi connectivity index (χ3n) is 6.98. The van der Waals surface area contributed by atoms with Crippen LogP contribution in [0.4, 0.5) is 49.9 Å². The fourth-order valence-electron chi connectivity index (χ4n) is 4.49. The molecule has 0 saturated heterocycles. The van der Waals surface area contributed by atoms with Crippen molar-refractivity contribution in [3.8, 4) is 11.1 Å². The minimum absolute atomic E-state index is 0.0995. The molecule has 1 aromatic heterocycles. The second-order valence-corrected chi connectivity index (χ2v) is 13.4. The summed E-state index contributed by atoms with van der Waals surface area (Å²) >= 11 is 0. The lowest BCUT2D eigenvalue weighted by molar-refractivity contribution is -0.137. The Kier molecular flexibility index (Phi) is 12.1. The number of ether oxygens (including phenoxy) is 1. The largest absolute Gasteiger partial charge is 0.448 e. The summed E-state index contributed by atoms with van der Waals surface area (Å²) in [6.07, 6.45) is -3.61. The number of aromatic nitrogens is 2. The van der Waals surface area contributed by atoms with Gasteiger partial charge in [0.15, 0.2) is 0 Å². The number of rotatable bonds is 12. The van der Waals surface area contributed by atoms with Crippen LogP contribution in [0, 0.1) is 11.6 Å². The normalized spacial score (nSPS) is 12.6. The molecule has 0 fully saturated rings. The lowest BCUT2D eigenvalue weighted by Gasteiger charge is -2.16. The summed E-state index contributed by atoms with van der Waals surface area (Å²) in [6, 6.07) is 11.9. The summed E-state index contributed by atoms with van der Waals surface area (Å²) in [5.41, 5.74) is -0.570. The van der Waals surface area contributed by atoms with E-state index in [2.05, 4.69) is 30.3 Å². The van der Waals surface area contributed by atoms with Gasteiger partial charge in [-0.1, -0.05) is 6.07 Å². The van der Waals surface area contributed by atoms with E-state index in [0.717, 1.165) is 6.07 Å². The number of anilines is 4. The van der Waals surface area contributed by atoms with Crippen LogP contribution in [0.2, 0.25) is 0 Å². The van der Waals surface area contributed by atoms with Crippen molar-refractivity contribution in [3.05, 3.63) is 89.6 Å². The molecule has 1 atom stereocenters. The van der Waals surface area contributed by atoms with Crippen LogP contribution < -0.4 is 16.0 Å². The summed E-state index contributed by atoms with van der Waals surface area (Å²) < 4.78 is 89.9. The lowest BCUT2D eigenvalue weighted by atomic mass is 10.1. The Morgan fingerprint density at radius 3 is 2.36 bits per heavy atom. The Balaban J connectivity index is 1.54. The fraction of sp³-hybridized carbons (Fsp3) is 0.273. The molecule has 0 aliphatic heterocycles. The van der Waals surface area contributed by atoms with Crippen molar-refractivity contribution in [2.75, 3.05) is 56.0 Å². The molecule has 50 heavy (non-hydrogen) atoms. The third kappa shape index (κ3) is 10.2. The van der Waals surface area contributed by atoms with Crippen LogP contribution in [0.5, 0.6) is 0 Å². The van der Waals surface area contributed by atoms with Crippen molar-refractivity contribution in [1.82, 2.24) is 14.9 Å². The summed E-state index contributed by atoms with van der Waals surface area (Å²) in [4.78, 5) is 35.4. The topological polar surface area (TPSA) is 138 Å². The SMILES string of the molecule is CCOC(=O)N=S(C)(=O)c1ccc(Nc2ncc(-c3ccc(NC(=O)Cc4cc(C(F)(F)F)ccc4F)c(F)c3)c(NCCN(C)C)n2)cc1. The summed E-state index contributed by atoms with van der Waals surface area (Å²) in [7, 11) is 0.727. The zero-order valence-corrected chi connectivity index (χ0v) is 28.2. The predicted molar refractivity (Wildman–Crippen MR) is 180 cm³/mol. The standard InChI is InChI=1S/C33H34F5N7O4S/c1-5-49-32(47)44-50(4,48)24-10-8-23(9-11-24)41-31-40-19-25(30(43-31)39-14-15-45(2)3)20-6-13-28(27(35)17-20)42-29(46)18-21-16-22(33(36,37)38)7-12-26(21)34/h6-13,16-17,19H,5,14-15,18H2,1-4H3,(H,42,46)(H2,39,40,41,43). The zero-order chi connectivity index (χ0) is 36.6. The van der Waals surface area contributed by atoms with E-state index in [9.17, 15) is 31.4 Å². The Hall–Kier alpha value is -5.16. The van der Waals surface area contributed by atoms with Gasteiger partial charge in [0.1, 0.15) is 17.5 Å². The highest BCUT2D eigenvalue weighted by atomic mass is 32.2. The van der Waals surface area contributed by atoms with Crippen LogP contribution in [-0.4, -0.2) is 71.1 Å². The van der Waals surface area contributed by atoms with E-state index >= 15 is 4.39 Å². The van der Waals surface area contributed by atoms with Crippen molar-refractivity contribution >= 4 is 44.9 Å². The summed E-state index contributed by atoms with van der Waals surface area (Å²) in [5.74, 6) is -2.25. The Labute approximate surface area is 285 Å². The molecule has 1 unspecified atom stereocenters. The van der Waals surface area contributed by atoms with Gasteiger partial charge in [0.2, 0.25) is 11.9 Å². The number of likely N-dealkylation sites (N-methyl/N-ethyl adjacent to an activating group) is 1. The van der Waals surface area contributed by atoms with Crippen molar-refractivity contribution in [2.45, 2.75) is 24.4 Å². The van der Waals surface area contributed by atoms with Crippen molar-refractivity contribution in [3.63, 3.8) is 0 Å². The van der Waals surface area contributed by atoms with Crippen LogP contribution in [0.25, 0.3) is 11.1 Å². The van der Waals surface area contributed by atoms with Crippen LogP contribution in [0.1, 0.15) is 18.1 Å². The van der Waals surface area contributed by atoms with Crippen molar-refractivity contribution in [1.29, 1.82) is 0 Å². The minimum atomic E-state index is -4.73. The molecule has 3 aromatic carbocycles. The molecule has 4 rings (SSSR count). The Morgan fingerprint density at radius 1 is 1.00 bits per heavy atom. The minimum Gasteiger partial charge on any atom is -0.448 e. The highest BCUT2D eigenvalue weighted by Gasteiger charge is 2.31. The van der Waals surface area contributed by atoms with Gasteiger partial charge in [-0.05, 0) is 86.7 Å². The highest BCUT2D eigenvalue weighted by molar-refractivity contribution is 7.93. The average molecular weight is 720 g/mol. The molecule has 3 N–H and O–H groups in total. The number of benzene rings is 3. The van der Waals surface area contributed by atoms with Gasteiger partial charge in [0, 0.05) is 41.7 Å². The monoisotopic (exact) mass is 719 g/mol. The van der Waals surface area contributed by atoms with Crippen molar-refractivity contribution in [2.24, 2.45) is 4.36 Å². The molecule has 4 aromatic rings. The molecule has 0 spiro atoms. The van der Waals surface area contributed by atoms with E-state index in [0.29, 0.717) is 58.8 Å². The van der Waals surface area contributed by atoms with E-state index in [1.165, 1.54) is 36.7 Å². The van der Waals surface area contributed by atoms with Gasteiger partial charge in [-0.25, -0.2) is 22.8 Å². The van der Waals surface area contributed by atoms with E-state index in [-0.39, 0.29) is 18.2 Å². The number of hydrogen-bond donors (Lipinski definition) is 3. The van der Waals surface area contributed by atoms with Crippen LogP contribution in [-0.2, 0) is 31.9 Å². The maximum atomic E-state index is 15.2. The number of carbonyl (C=O) groups excluding carboxylic acids is 2. The van der Waals surface area contributed by atoms with Crippen LogP contribution in [0.15, 0.2) is 76.1 Å². The predicted octanol–water partition coefficient (Wildman–Crippen LogP) is 6.95. The van der Waals surface area contributed by atoms with Gasteiger partial charge in [-0.2, -0.15) is 18.2 Å². The van der Waals surface area contributed by atoms with E-state index in [1.54, 1.807) is 19.1 Å². The highest BCUT2D eigenvalue weighted by Crippen LogP contribution is 2.32. The van der Waals surface area contributed by atoms with Crippen LogP contribution in [0.3, 0.4) is 0 Å². The number of carbonyl (C=O) groups is 2. The van der Waals surface area contributed by atoms with Gasteiger partial charge in [-0.3, -0.25) is 4.79 Å². The summed E-state index contributed by atoms with van der Waals surface area (Å²) in [6.45, 7) is 2.81. The van der Waals surface area contributed by atoms with Gasteiger partial charge in [0.05, 0.1) is 34.0 Å². The molecular weight excluding hydrogens is 685 g/mol. The quantitative estimate of drug-likeness (QED) is 0.133. The fourth-order valence-corrected chi connectivity index (χ4v) is 5.57. The third-order valence-corrected chi connectivity index (χ3v) is 8.63. The second kappa shape index (κ2) is 16.0. The second-order valence-electron chi connectivity index (χ2n) is 11.2. The number of alkyl halides is 3. The Morgan fingerprint density at radius 2 is 1.72 bits per heavy atom. The first kappa shape index (κ1) is 37.7. The number of nitrogens with zero attached hydrogens (tertiary/aromatic N) is 4. The average Bonchev–Trinajstić information content (AvgIpc) is 3.03. The van der Waals surface area contributed by atoms with Gasteiger partial charge < -0.3 is 25.6 Å². The number of halogens is 5. The van der Waals surface area contributed by atoms with Gasteiger partial charge >= 0.3 is 12.3 Å². The van der Waals surface area contributed by atoms with Gasteiger partial charge in [-0.15, -0.1) is 4.36 Å². The number of hydrogen-bond acceptors (Lipinski definition) is 9. The summed E-state index contributed by atoms with van der Waals surface area (Å²) in [5, 5.41) is 8.52. The molecule has 1 heterocycles. The van der Waals surface area contributed by atoms with E-state index < -0.39 is 57.1 Å². The maximum absolute atomic E-state index is 15.2. The first-order valence-corrected chi connectivity index (χ1v) is 16.9. The molecule has 0 radical (unpaired) electrons. The van der Waals surface area contributed by atoms with Crippen molar-refractivity contribution < 1.29 is 40.5 Å². The maximum Gasteiger partial charge on any atom is 0.442 e. The molecule has 0 aliphatic rings. The molecule has 11 nitrogen and oxygen atoms in total. The molecule has 17 heteroatoms. The molecule has 266 valence electrons. The number of amides is 2. The first-order valence-electron chi connectivity index (χ1n) is 15.0. The smallest absolute Gasteiger partial charge is 0.442 e. The Bertz CT molecular complexity index is 1980. The van der Waals surface area contributed by atoms with Crippen LogP contribution >= 0.6 is 0 Å². The van der Waals surface area contributed by atoms with Gasteiger partial charge in [0.25, 0.3) is 0 Å². The van der Waals surface area contributed by atoms with E-state index in [4.69, 9.17) is 4.74 Å². The lowest BCUT2D eigenvalue weighted by Crippen LogP contribution is -2.21. The first-order chi connectivity index (χ1) is 23.5. The van der Waals surface area contributed by atoms with E-state index in [1.807, 2.05) is 19.0 Å².